The van der Waals surface area contributed by atoms with Crippen LogP contribution >= 0.6 is 22.7 Å². The van der Waals surface area contributed by atoms with Crippen LogP contribution < -0.4 is 5.32 Å². The Morgan fingerprint density at radius 3 is 2.83 bits per heavy atom. The zero-order chi connectivity index (χ0) is 13.0. The second-order valence-electron chi connectivity index (χ2n) is 3.52. The molecule has 0 radical (unpaired) electrons. The highest BCUT2D eigenvalue weighted by Gasteiger charge is 2.09. The standard InChI is InChI=1S/C11H10N2O3S2/c14-9(3-7-1-2-17-5-7)12-4-10-13-8(6-18-10)11(15)16/h1-2,5-6H,3-4H2,(H,12,14)(H,15,16). The van der Waals surface area contributed by atoms with Gasteiger partial charge in [-0.1, -0.05) is 0 Å². The summed E-state index contributed by atoms with van der Waals surface area (Å²) in [5.74, 6) is -1.15. The largest absolute Gasteiger partial charge is 0.476 e. The second kappa shape index (κ2) is 5.74. The number of hydrogen-bond donors (Lipinski definition) is 2. The van der Waals surface area contributed by atoms with E-state index in [0.717, 1.165) is 5.56 Å². The van der Waals surface area contributed by atoms with E-state index in [0.29, 0.717) is 11.4 Å². The van der Waals surface area contributed by atoms with E-state index in [4.69, 9.17) is 5.11 Å². The number of aromatic nitrogens is 1. The second-order valence-corrected chi connectivity index (χ2v) is 5.24. The maximum atomic E-state index is 11.6. The zero-order valence-electron chi connectivity index (χ0n) is 9.25. The van der Waals surface area contributed by atoms with Crippen LogP contribution in [0.3, 0.4) is 0 Å². The van der Waals surface area contributed by atoms with Gasteiger partial charge in [0.2, 0.25) is 5.91 Å². The smallest absolute Gasteiger partial charge is 0.355 e. The first-order valence-corrected chi connectivity index (χ1v) is 6.93. The third kappa shape index (κ3) is 3.38. The fraction of sp³-hybridized carbons (Fsp3) is 0.182. The monoisotopic (exact) mass is 282 g/mol. The van der Waals surface area contributed by atoms with Crippen LogP contribution in [0, 0.1) is 0 Å². The van der Waals surface area contributed by atoms with Crippen LogP contribution in [0.15, 0.2) is 22.2 Å². The van der Waals surface area contributed by atoms with E-state index >= 15 is 0 Å². The first-order valence-electron chi connectivity index (χ1n) is 5.10. The Kier molecular flexibility index (Phi) is 4.06. The SMILES string of the molecule is O=C(Cc1ccsc1)NCc1nc(C(=O)O)cs1. The predicted molar refractivity (Wildman–Crippen MR) is 68.9 cm³/mol. The molecule has 0 unspecified atom stereocenters. The van der Waals surface area contributed by atoms with E-state index < -0.39 is 5.97 Å². The summed E-state index contributed by atoms with van der Waals surface area (Å²) in [6.07, 6.45) is 0.334. The number of carboxylic acids is 1. The third-order valence-electron chi connectivity index (χ3n) is 2.15. The zero-order valence-corrected chi connectivity index (χ0v) is 10.9. The van der Waals surface area contributed by atoms with Crippen LogP contribution in [0.25, 0.3) is 0 Å². The number of carboxylic acid groups (broad SMARTS) is 1. The van der Waals surface area contributed by atoms with Gasteiger partial charge in [-0.15, -0.1) is 11.3 Å². The normalized spacial score (nSPS) is 10.2. The molecular formula is C11H10N2O3S2. The number of carbonyl (C=O) groups excluding carboxylic acids is 1. The number of amides is 1. The van der Waals surface area contributed by atoms with Crippen molar-refractivity contribution in [2.24, 2.45) is 0 Å². The van der Waals surface area contributed by atoms with Crippen molar-refractivity contribution in [3.63, 3.8) is 0 Å². The number of nitrogens with zero attached hydrogens (tertiary/aromatic N) is 1. The van der Waals surface area contributed by atoms with Gasteiger partial charge in [-0.2, -0.15) is 11.3 Å². The fourth-order valence-corrected chi connectivity index (χ4v) is 2.68. The van der Waals surface area contributed by atoms with E-state index in [9.17, 15) is 9.59 Å². The van der Waals surface area contributed by atoms with Crippen molar-refractivity contribution >= 4 is 34.6 Å². The minimum Gasteiger partial charge on any atom is -0.476 e. The number of aromatic carboxylic acids is 1. The number of hydrogen-bond acceptors (Lipinski definition) is 5. The van der Waals surface area contributed by atoms with E-state index in [1.165, 1.54) is 16.7 Å². The van der Waals surface area contributed by atoms with E-state index in [2.05, 4.69) is 10.3 Å². The topological polar surface area (TPSA) is 79.3 Å². The Balaban J connectivity index is 1.83. The number of thiazole rings is 1. The fourth-order valence-electron chi connectivity index (χ4n) is 1.31. The summed E-state index contributed by atoms with van der Waals surface area (Å²) >= 11 is 2.77. The minimum absolute atomic E-state index is 0.0158. The summed E-state index contributed by atoms with van der Waals surface area (Å²) in [6, 6.07) is 1.90. The molecule has 7 heteroatoms. The summed E-state index contributed by atoms with van der Waals surface area (Å²) in [5, 5.41) is 17.3. The molecule has 0 saturated heterocycles. The van der Waals surface area contributed by atoms with E-state index in [-0.39, 0.29) is 18.1 Å². The summed E-state index contributed by atoms with van der Waals surface area (Å²) in [4.78, 5) is 26.1. The Hall–Kier alpha value is -1.73. The molecular weight excluding hydrogens is 272 g/mol. The lowest BCUT2D eigenvalue weighted by Crippen LogP contribution is -2.24. The van der Waals surface area contributed by atoms with Crippen molar-refractivity contribution in [1.29, 1.82) is 0 Å². The van der Waals surface area contributed by atoms with Gasteiger partial charge in [0.1, 0.15) is 5.01 Å². The molecule has 2 heterocycles. The number of carbonyl (C=O) groups is 2. The highest BCUT2D eigenvalue weighted by molar-refractivity contribution is 7.09. The van der Waals surface area contributed by atoms with Crippen molar-refractivity contribution in [2.75, 3.05) is 0 Å². The van der Waals surface area contributed by atoms with Crippen molar-refractivity contribution in [1.82, 2.24) is 10.3 Å². The third-order valence-corrected chi connectivity index (χ3v) is 3.73. The molecule has 1 amide bonds. The summed E-state index contributed by atoms with van der Waals surface area (Å²) in [6.45, 7) is 0.265. The molecule has 2 aromatic heterocycles. The van der Waals surface area contributed by atoms with Crippen LogP contribution in [0.1, 0.15) is 21.1 Å². The number of rotatable bonds is 5. The molecule has 94 valence electrons. The molecule has 0 aliphatic heterocycles. The van der Waals surface area contributed by atoms with Crippen LogP contribution in [-0.4, -0.2) is 22.0 Å². The molecule has 2 aromatic rings. The highest BCUT2D eigenvalue weighted by Crippen LogP contribution is 2.10. The lowest BCUT2D eigenvalue weighted by atomic mass is 10.2. The van der Waals surface area contributed by atoms with Crippen LogP contribution in [0.5, 0.6) is 0 Å². The molecule has 2 rings (SSSR count). The molecule has 0 fully saturated rings. The summed E-state index contributed by atoms with van der Waals surface area (Å²) in [5.41, 5.74) is 0.991. The molecule has 2 N–H and O–H groups in total. The Morgan fingerprint density at radius 2 is 2.22 bits per heavy atom. The van der Waals surface area contributed by atoms with Gasteiger partial charge in [-0.3, -0.25) is 4.79 Å². The minimum atomic E-state index is -1.05. The molecule has 0 aromatic carbocycles. The first kappa shape index (κ1) is 12.7. The maximum absolute atomic E-state index is 11.6. The molecule has 0 bridgehead atoms. The number of thiophene rings is 1. The lowest BCUT2D eigenvalue weighted by molar-refractivity contribution is -0.120. The Bertz CT molecular complexity index is 548. The molecule has 18 heavy (non-hydrogen) atoms. The van der Waals surface area contributed by atoms with Gasteiger partial charge in [0.15, 0.2) is 5.69 Å². The average Bonchev–Trinajstić information content (AvgIpc) is 2.96. The van der Waals surface area contributed by atoms with Crippen molar-refractivity contribution < 1.29 is 14.7 Å². The summed E-state index contributed by atoms with van der Waals surface area (Å²) in [7, 11) is 0. The Labute approximate surface area is 111 Å². The van der Waals surface area contributed by atoms with Gasteiger partial charge in [0.25, 0.3) is 0 Å². The predicted octanol–water partition coefficient (Wildman–Crippen LogP) is 1.76. The lowest BCUT2D eigenvalue weighted by Gasteiger charge is -2.01. The molecule has 0 atom stereocenters. The van der Waals surface area contributed by atoms with Gasteiger partial charge in [0.05, 0.1) is 13.0 Å². The van der Waals surface area contributed by atoms with Crippen LogP contribution in [0.4, 0.5) is 0 Å². The van der Waals surface area contributed by atoms with Crippen molar-refractivity contribution in [3.05, 3.63) is 38.5 Å². The number of nitrogens with one attached hydrogen (secondary N) is 1. The van der Waals surface area contributed by atoms with E-state index in [1.54, 1.807) is 11.3 Å². The molecule has 0 aliphatic rings. The van der Waals surface area contributed by atoms with E-state index in [1.807, 2.05) is 16.8 Å². The molecule has 0 spiro atoms. The van der Waals surface area contributed by atoms with Gasteiger partial charge in [-0.05, 0) is 22.4 Å². The Morgan fingerprint density at radius 1 is 1.39 bits per heavy atom. The van der Waals surface area contributed by atoms with Gasteiger partial charge >= 0.3 is 5.97 Å². The molecule has 5 nitrogen and oxygen atoms in total. The first-order chi connectivity index (χ1) is 8.65. The van der Waals surface area contributed by atoms with Crippen LogP contribution in [0.2, 0.25) is 0 Å². The van der Waals surface area contributed by atoms with Gasteiger partial charge in [-0.25, -0.2) is 9.78 Å². The molecule has 0 aliphatic carbocycles. The quantitative estimate of drug-likeness (QED) is 0.876. The highest BCUT2D eigenvalue weighted by atomic mass is 32.1. The van der Waals surface area contributed by atoms with Gasteiger partial charge in [0, 0.05) is 5.38 Å². The van der Waals surface area contributed by atoms with Crippen molar-refractivity contribution in [3.8, 4) is 0 Å². The van der Waals surface area contributed by atoms with Crippen LogP contribution in [-0.2, 0) is 17.8 Å². The van der Waals surface area contributed by atoms with Crippen molar-refractivity contribution in [2.45, 2.75) is 13.0 Å². The summed E-state index contributed by atoms with van der Waals surface area (Å²) < 4.78 is 0. The average molecular weight is 282 g/mol. The van der Waals surface area contributed by atoms with Gasteiger partial charge < -0.3 is 10.4 Å². The maximum Gasteiger partial charge on any atom is 0.355 e. The molecule has 0 saturated carbocycles.